The lowest BCUT2D eigenvalue weighted by Gasteiger charge is -2.45. The first-order valence-corrected chi connectivity index (χ1v) is 9.70. The maximum atomic E-state index is 4.44. The smallest absolute Gasteiger partial charge is 0.245 e. The van der Waals surface area contributed by atoms with Gasteiger partial charge in [0.25, 0.3) is 0 Å². The van der Waals surface area contributed by atoms with Crippen LogP contribution in [0.25, 0.3) is 27.5 Å². The van der Waals surface area contributed by atoms with Gasteiger partial charge in [0.2, 0.25) is 6.33 Å². The standard InChI is InChI=1S/C20H23N4.C2H6/c1-6-20(4)13-8-7-9-14-16(13)18-17(15-10-21-11-23(14)15)22(5)12-24(18)19(20,2)3;1-2/h7-12H,6H2,1-5H3;1-2H3/q+1;. The third kappa shape index (κ3) is 1.70. The van der Waals surface area contributed by atoms with Crippen LogP contribution < -0.4 is 4.57 Å². The molecule has 0 bridgehead atoms. The quantitative estimate of drug-likeness (QED) is 0.457. The lowest BCUT2D eigenvalue weighted by atomic mass is 9.63. The molecule has 0 radical (unpaired) electrons. The van der Waals surface area contributed by atoms with Gasteiger partial charge in [0, 0.05) is 5.41 Å². The van der Waals surface area contributed by atoms with Crippen molar-refractivity contribution in [3.63, 3.8) is 0 Å². The molecule has 1 unspecified atom stereocenters. The molecule has 4 aromatic rings. The fourth-order valence-electron chi connectivity index (χ4n) is 4.86. The molecule has 136 valence electrons. The summed E-state index contributed by atoms with van der Waals surface area (Å²) in [6.45, 7) is 13.5. The Balaban J connectivity index is 0.000000814. The number of hydrogen-bond acceptors (Lipinski definition) is 1. The molecule has 0 saturated heterocycles. The monoisotopic (exact) mass is 349 g/mol. The highest BCUT2D eigenvalue weighted by atomic mass is 15.2. The average molecular weight is 350 g/mol. The van der Waals surface area contributed by atoms with Crippen LogP contribution in [-0.4, -0.2) is 14.0 Å². The number of imidazole rings is 2. The molecule has 4 heteroatoms. The minimum atomic E-state index is 0.000901. The molecule has 26 heavy (non-hydrogen) atoms. The van der Waals surface area contributed by atoms with Gasteiger partial charge in [-0.1, -0.05) is 39.8 Å². The fourth-order valence-corrected chi connectivity index (χ4v) is 4.86. The Hall–Kier alpha value is -2.36. The summed E-state index contributed by atoms with van der Waals surface area (Å²) in [5.74, 6) is 0. The Bertz CT molecular complexity index is 1150. The zero-order valence-electron chi connectivity index (χ0n) is 17.0. The van der Waals surface area contributed by atoms with E-state index in [1.165, 1.54) is 33.0 Å². The number of aromatic nitrogens is 4. The number of benzene rings is 1. The van der Waals surface area contributed by atoms with Gasteiger partial charge < -0.3 is 0 Å². The highest BCUT2D eigenvalue weighted by molar-refractivity contribution is 6.10. The topological polar surface area (TPSA) is 26.1 Å². The summed E-state index contributed by atoms with van der Waals surface area (Å²) < 4.78 is 6.99. The van der Waals surface area contributed by atoms with Crippen LogP contribution in [0.3, 0.4) is 0 Å². The van der Waals surface area contributed by atoms with Gasteiger partial charge in [0.1, 0.15) is 11.1 Å². The van der Waals surface area contributed by atoms with E-state index in [0.29, 0.717) is 0 Å². The van der Waals surface area contributed by atoms with Gasteiger partial charge in [-0.2, -0.15) is 0 Å². The van der Waals surface area contributed by atoms with Crippen molar-refractivity contribution < 1.29 is 4.57 Å². The zero-order valence-corrected chi connectivity index (χ0v) is 17.0. The van der Waals surface area contributed by atoms with Crippen LogP contribution in [0.1, 0.15) is 53.5 Å². The fraction of sp³-hybridized carbons (Fsp3) is 0.455. The summed E-state index contributed by atoms with van der Waals surface area (Å²) in [4.78, 5) is 4.44. The third-order valence-corrected chi connectivity index (χ3v) is 6.78. The molecule has 5 rings (SSSR count). The van der Waals surface area contributed by atoms with Crippen LogP contribution in [0.4, 0.5) is 0 Å². The Morgan fingerprint density at radius 3 is 2.54 bits per heavy atom. The summed E-state index contributed by atoms with van der Waals surface area (Å²) in [7, 11) is 2.14. The van der Waals surface area contributed by atoms with E-state index in [9.17, 15) is 0 Å². The molecule has 4 nitrogen and oxygen atoms in total. The first-order valence-electron chi connectivity index (χ1n) is 9.70. The molecule has 0 amide bonds. The maximum Gasteiger partial charge on any atom is 0.245 e. The van der Waals surface area contributed by atoms with Crippen molar-refractivity contribution in [1.82, 2.24) is 14.0 Å². The summed E-state index contributed by atoms with van der Waals surface area (Å²) in [5.41, 5.74) is 6.56. The predicted octanol–water partition coefficient (Wildman–Crippen LogP) is 4.71. The molecule has 1 aliphatic heterocycles. The normalized spacial score (nSPS) is 20.7. The van der Waals surface area contributed by atoms with Gasteiger partial charge >= 0.3 is 0 Å². The average Bonchev–Trinajstić information content (AvgIpc) is 3.26. The lowest BCUT2D eigenvalue weighted by molar-refractivity contribution is -0.645. The SMILES string of the molecule is CC.CCC1(C)c2cccc3c2c2c(c4cncn34)[n+](C)cn2C1(C)C. The van der Waals surface area contributed by atoms with Crippen LogP contribution in [-0.2, 0) is 18.0 Å². The van der Waals surface area contributed by atoms with Gasteiger partial charge in [-0.05, 0) is 31.9 Å². The van der Waals surface area contributed by atoms with Gasteiger partial charge in [-0.15, -0.1) is 0 Å². The van der Waals surface area contributed by atoms with E-state index in [4.69, 9.17) is 0 Å². The van der Waals surface area contributed by atoms with Crippen LogP contribution in [0.5, 0.6) is 0 Å². The molecule has 0 spiro atoms. The molecule has 1 aromatic carbocycles. The second-order valence-electron chi connectivity index (χ2n) is 7.89. The molecule has 0 fully saturated rings. The van der Waals surface area contributed by atoms with Gasteiger partial charge in [-0.25, -0.2) is 14.1 Å². The highest BCUT2D eigenvalue weighted by Gasteiger charge is 2.51. The van der Waals surface area contributed by atoms with Crippen LogP contribution >= 0.6 is 0 Å². The third-order valence-electron chi connectivity index (χ3n) is 6.78. The minimum Gasteiger partial charge on any atom is -0.295 e. The van der Waals surface area contributed by atoms with Crippen molar-refractivity contribution in [1.29, 1.82) is 0 Å². The van der Waals surface area contributed by atoms with Gasteiger partial charge in [0.05, 0.1) is 30.5 Å². The van der Waals surface area contributed by atoms with E-state index in [0.717, 1.165) is 6.42 Å². The van der Waals surface area contributed by atoms with E-state index in [1.807, 2.05) is 26.4 Å². The van der Waals surface area contributed by atoms with E-state index in [2.05, 4.69) is 77.8 Å². The molecule has 1 aliphatic rings. The van der Waals surface area contributed by atoms with Crippen molar-refractivity contribution in [3.05, 3.63) is 42.6 Å². The predicted molar refractivity (Wildman–Crippen MR) is 108 cm³/mol. The van der Waals surface area contributed by atoms with Crippen molar-refractivity contribution >= 4 is 27.5 Å². The van der Waals surface area contributed by atoms with E-state index >= 15 is 0 Å². The molecule has 0 N–H and O–H groups in total. The summed E-state index contributed by atoms with van der Waals surface area (Å²) in [6.07, 6.45) is 7.28. The summed E-state index contributed by atoms with van der Waals surface area (Å²) in [6, 6.07) is 6.75. The van der Waals surface area contributed by atoms with E-state index in [1.54, 1.807) is 0 Å². The zero-order chi connectivity index (χ0) is 18.9. The second kappa shape index (κ2) is 5.32. The van der Waals surface area contributed by atoms with Crippen LogP contribution in [0.15, 0.2) is 37.1 Å². The van der Waals surface area contributed by atoms with Crippen molar-refractivity contribution in [2.75, 3.05) is 0 Å². The molecule has 3 aromatic heterocycles. The Kier molecular flexibility index (Phi) is 3.49. The van der Waals surface area contributed by atoms with Crippen molar-refractivity contribution in [2.45, 2.75) is 58.9 Å². The van der Waals surface area contributed by atoms with Crippen molar-refractivity contribution in [2.24, 2.45) is 7.05 Å². The maximum absolute atomic E-state index is 4.44. The van der Waals surface area contributed by atoms with Gasteiger partial charge in [-0.3, -0.25) is 4.40 Å². The summed E-state index contributed by atoms with van der Waals surface area (Å²) in [5, 5.41) is 1.38. The summed E-state index contributed by atoms with van der Waals surface area (Å²) >= 11 is 0. The first kappa shape index (κ1) is 17.1. The van der Waals surface area contributed by atoms with E-state index < -0.39 is 0 Å². The van der Waals surface area contributed by atoms with Gasteiger partial charge in [0.15, 0.2) is 11.0 Å². The minimum absolute atomic E-state index is 0.000901. The van der Waals surface area contributed by atoms with Crippen LogP contribution in [0, 0.1) is 0 Å². The molecule has 0 aliphatic carbocycles. The van der Waals surface area contributed by atoms with E-state index in [-0.39, 0.29) is 11.0 Å². The lowest BCUT2D eigenvalue weighted by Crippen LogP contribution is -2.49. The number of rotatable bonds is 1. The van der Waals surface area contributed by atoms with Crippen molar-refractivity contribution in [3.8, 4) is 0 Å². The van der Waals surface area contributed by atoms with Crippen LogP contribution in [0.2, 0.25) is 0 Å². The number of fused-ring (bicyclic) bond motifs is 3. The molecular weight excluding hydrogens is 320 g/mol. The molecule has 0 saturated carbocycles. The molecular formula is C22H29N4+. The largest absolute Gasteiger partial charge is 0.295 e. The molecule has 4 heterocycles. The highest BCUT2D eigenvalue weighted by Crippen LogP contribution is 2.51. The number of nitrogens with zero attached hydrogens (tertiary/aromatic N) is 4. The number of pyridine rings is 1. The number of hydrogen-bond donors (Lipinski definition) is 0. The Morgan fingerprint density at radius 1 is 1.12 bits per heavy atom. The first-order chi connectivity index (χ1) is 12.4. The number of aryl methyl sites for hydroxylation is 1. The Morgan fingerprint density at radius 2 is 1.85 bits per heavy atom. The Labute approximate surface area is 155 Å². The molecule has 1 atom stereocenters. The second-order valence-corrected chi connectivity index (χ2v) is 7.89.